The van der Waals surface area contributed by atoms with Crippen LogP contribution in [0.15, 0.2) is 12.2 Å². The van der Waals surface area contributed by atoms with Gasteiger partial charge >= 0.3 is 6.18 Å². The molecule has 0 bridgehead atoms. The zero-order chi connectivity index (χ0) is 7.61. The van der Waals surface area contributed by atoms with Crippen molar-refractivity contribution in [3.05, 3.63) is 12.2 Å². The quantitative estimate of drug-likeness (QED) is 0.481. The molecule has 0 spiro atoms. The molecule has 10 heavy (non-hydrogen) atoms. The van der Waals surface area contributed by atoms with E-state index in [-0.39, 0.29) is 13.0 Å². The molecule has 58 valence electrons. The molecule has 0 aromatic rings. The molecule has 1 heterocycles. The summed E-state index contributed by atoms with van der Waals surface area (Å²) in [7, 11) is 0. The lowest BCUT2D eigenvalue weighted by Crippen LogP contribution is -2.32. The lowest BCUT2D eigenvalue weighted by molar-refractivity contribution is -0.218. The maximum absolute atomic E-state index is 11.8. The van der Waals surface area contributed by atoms with Gasteiger partial charge in [-0.15, -0.1) is 0 Å². The molecule has 1 rings (SSSR count). The van der Waals surface area contributed by atoms with Crippen LogP contribution in [0.25, 0.3) is 0 Å². The molecule has 0 radical (unpaired) electrons. The van der Waals surface area contributed by atoms with E-state index in [1.54, 1.807) is 6.08 Å². The van der Waals surface area contributed by atoms with Crippen molar-refractivity contribution in [2.75, 3.05) is 6.61 Å². The second-order valence-corrected chi connectivity index (χ2v) is 2.07. The van der Waals surface area contributed by atoms with Crippen molar-refractivity contribution in [3.63, 3.8) is 0 Å². The van der Waals surface area contributed by atoms with Gasteiger partial charge in [-0.25, -0.2) is 0 Å². The van der Waals surface area contributed by atoms with Crippen LogP contribution in [-0.2, 0) is 4.74 Å². The number of rotatable bonds is 0. The molecule has 0 fully saturated rings. The molecular weight excluding hydrogens is 145 g/mol. The molecule has 1 aliphatic rings. The first-order valence-corrected chi connectivity index (χ1v) is 2.94. The van der Waals surface area contributed by atoms with E-state index in [4.69, 9.17) is 0 Å². The predicted molar refractivity (Wildman–Crippen MR) is 29.6 cm³/mol. The van der Waals surface area contributed by atoms with Crippen molar-refractivity contribution < 1.29 is 17.9 Å². The third-order valence-corrected chi connectivity index (χ3v) is 1.28. The van der Waals surface area contributed by atoms with Crippen LogP contribution in [-0.4, -0.2) is 18.9 Å². The van der Waals surface area contributed by atoms with Crippen LogP contribution in [0, 0.1) is 0 Å². The van der Waals surface area contributed by atoms with E-state index >= 15 is 0 Å². The van der Waals surface area contributed by atoms with Gasteiger partial charge in [0.05, 0.1) is 6.61 Å². The Morgan fingerprint density at radius 2 is 2.00 bits per heavy atom. The normalized spacial score (nSPS) is 26.9. The predicted octanol–water partition coefficient (Wildman–Crippen LogP) is 1.89. The van der Waals surface area contributed by atoms with Crippen LogP contribution in [0.5, 0.6) is 0 Å². The van der Waals surface area contributed by atoms with Gasteiger partial charge < -0.3 is 4.74 Å². The fourth-order valence-corrected chi connectivity index (χ4v) is 0.756. The Bertz CT molecular complexity index is 138. The van der Waals surface area contributed by atoms with E-state index in [1.807, 2.05) is 0 Å². The van der Waals surface area contributed by atoms with Crippen molar-refractivity contribution in [1.82, 2.24) is 0 Å². The third kappa shape index (κ3) is 1.73. The molecule has 1 atom stereocenters. The second-order valence-electron chi connectivity index (χ2n) is 2.07. The summed E-state index contributed by atoms with van der Waals surface area (Å²) in [5.41, 5.74) is 0. The average Bonchev–Trinajstić information content (AvgIpc) is 1.88. The minimum Gasteiger partial charge on any atom is -0.364 e. The van der Waals surface area contributed by atoms with Gasteiger partial charge in [-0.1, -0.05) is 12.2 Å². The Kier molecular flexibility index (Phi) is 1.99. The summed E-state index contributed by atoms with van der Waals surface area (Å²) in [4.78, 5) is 0. The number of halogens is 3. The van der Waals surface area contributed by atoms with Gasteiger partial charge in [0.25, 0.3) is 0 Å². The van der Waals surface area contributed by atoms with E-state index in [2.05, 4.69) is 4.74 Å². The van der Waals surface area contributed by atoms with Gasteiger partial charge in [-0.05, 0) is 0 Å². The van der Waals surface area contributed by atoms with Crippen molar-refractivity contribution in [2.45, 2.75) is 18.7 Å². The monoisotopic (exact) mass is 152 g/mol. The Morgan fingerprint density at radius 3 is 2.30 bits per heavy atom. The smallest absolute Gasteiger partial charge is 0.364 e. The maximum Gasteiger partial charge on any atom is 0.414 e. The van der Waals surface area contributed by atoms with E-state index in [9.17, 15) is 13.2 Å². The summed E-state index contributed by atoms with van der Waals surface area (Å²) < 4.78 is 39.8. The van der Waals surface area contributed by atoms with Crippen LogP contribution in [0.4, 0.5) is 13.2 Å². The van der Waals surface area contributed by atoms with Gasteiger partial charge in [0.15, 0.2) is 6.10 Å². The molecule has 0 N–H and O–H groups in total. The van der Waals surface area contributed by atoms with E-state index in [1.165, 1.54) is 6.08 Å². The molecule has 1 aliphatic heterocycles. The Morgan fingerprint density at radius 1 is 1.30 bits per heavy atom. The average molecular weight is 152 g/mol. The topological polar surface area (TPSA) is 9.23 Å². The zero-order valence-electron chi connectivity index (χ0n) is 5.19. The Balaban J connectivity index is 2.49. The molecule has 4 heteroatoms. The van der Waals surface area contributed by atoms with Crippen LogP contribution in [0.3, 0.4) is 0 Å². The second kappa shape index (κ2) is 2.62. The fraction of sp³-hybridized carbons (Fsp3) is 0.667. The highest BCUT2D eigenvalue weighted by molar-refractivity contribution is 4.91. The molecular formula is C6H7F3O. The van der Waals surface area contributed by atoms with Gasteiger partial charge in [-0.2, -0.15) is 13.2 Å². The standard InChI is InChI=1S/C6H7F3O/c7-6(8,9)5-3-1-2-4-10-5/h1-2,5H,3-4H2. The SMILES string of the molecule is FC(F)(F)C1CC=CCO1. The Hall–Kier alpha value is -0.510. The highest BCUT2D eigenvalue weighted by Crippen LogP contribution is 2.26. The van der Waals surface area contributed by atoms with Crippen molar-refractivity contribution in [1.29, 1.82) is 0 Å². The molecule has 0 aromatic heterocycles. The van der Waals surface area contributed by atoms with Gasteiger partial charge in [0.1, 0.15) is 0 Å². The number of hydrogen-bond acceptors (Lipinski definition) is 1. The van der Waals surface area contributed by atoms with Gasteiger partial charge in [0, 0.05) is 6.42 Å². The lowest BCUT2D eigenvalue weighted by Gasteiger charge is -2.20. The zero-order valence-corrected chi connectivity index (χ0v) is 5.19. The summed E-state index contributed by atoms with van der Waals surface area (Å²) in [5, 5.41) is 0. The molecule has 0 saturated carbocycles. The fourth-order valence-electron chi connectivity index (χ4n) is 0.756. The Labute approximate surface area is 56.5 Å². The summed E-state index contributed by atoms with van der Waals surface area (Å²) in [6.07, 6.45) is -2.77. The maximum atomic E-state index is 11.8. The summed E-state index contributed by atoms with van der Waals surface area (Å²) in [6.45, 7) is 0.0736. The summed E-state index contributed by atoms with van der Waals surface area (Å²) in [5.74, 6) is 0. The lowest BCUT2D eigenvalue weighted by atomic mass is 10.2. The van der Waals surface area contributed by atoms with E-state index in [0.717, 1.165) is 0 Å². The molecule has 1 nitrogen and oxygen atoms in total. The molecule has 1 unspecified atom stereocenters. The first kappa shape index (κ1) is 7.60. The number of hydrogen-bond donors (Lipinski definition) is 0. The van der Waals surface area contributed by atoms with Gasteiger partial charge in [0.2, 0.25) is 0 Å². The van der Waals surface area contributed by atoms with Crippen LogP contribution >= 0.6 is 0 Å². The van der Waals surface area contributed by atoms with Crippen LogP contribution in [0.1, 0.15) is 6.42 Å². The van der Waals surface area contributed by atoms with E-state index in [0.29, 0.717) is 0 Å². The third-order valence-electron chi connectivity index (χ3n) is 1.28. The van der Waals surface area contributed by atoms with Crippen molar-refractivity contribution >= 4 is 0 Å². The van der Waals surface area contributed by atoms with Crippen molar-refractivity contribution in [3.8, 4) is 0 Å². The molecule has 0 aromatic carbocycles. The minimum absolute atomic E-state index is 0.0521. The van der Waals surface area contributed by atoms with Crippen LogP contribution < -0.4 is 0 Å². The minimum atomic E-state index is -4.20. The first-order chi connectivity index (χ1) is 4.61. The molecule has 0 aliphatic carbocycles. The molecule has 0 saturated heterocycles. The number of ether oxygens (including phenoxy) is 1. The largest absolute Gasteiger partial charge is 0.414 e. The summed E-state index contributed by atoms with van der Waals surface area (Å²) >= 11 is 0. The van der Waals surface area contributed by atoms with Crippen LogP contribution in [0.2, 0.25) is 0 Å². The highest BCUT2D eigenvalue weighted by atomic mass is 19.4. The molecule has 0 amide bonds. The van der Waals surface area contributed by atoms with Gasteiger partial charge in [-0.3, -0.25) is 0 Å². The van der Waals surface area contributed by atoms with Crippen molar-refractivity contribution in [2.24, 2.45) is 0 Å². The summed E-state index contributed by atoms with van der Waals surface area (Å²) in [6, 6.07) is 0. The highest BCUT2D eigenvalue weighted by Gasteiger charge is 2.40. The van der Waals surface area contributed by atoms with E-state index < -0.39 is 12.3 Å². The number of alkyl halides is 3. The first-order valence-electron chi connectivity index (χ1n) is 2.94.